The second-order valence-corrected chi connectivity index (χ2v) is 3.03. The van der Waals surface area contributed by atoms with Gasteiger partial charge in [-0.2, -0.15) is 0 Å². The number of nitrogens with zero attached hydrogens (tertiary/aromatic N) is 1. The summed E-state index contributed by atoms with van der Waals surface area (Å²) in [5.41, 5.74) is 0. The molecule has 2 heteroatoms. The number of aromatic nitrogens is 1. The largest absolute Gasteiger partial charge is 0.369 e. The van der Waals surface area contributed by atoms with Gasteiger partial charge in [-0.15, -0.1) is 0 Å². The molecule has 0 saturated carbocycles. The molecule has 1 aliphatic rings. The Kier molecular flexibility index (Phi) is 2.41. The maximum atomic E-state index is 4.18. The number of pyridine rings is 1. The summed E-state index contributed by atoms with van der Waals surface area (Å²) in [4.78, 5) is 4.18. The van der Waals surface area contributed by atoms with E-state index < -0.39 is 0 Å². The SMILES string of the molecule is C1=CC(CNc2ccccn2)C=C1. The van der Waals surface area contributed by atoms with Crippen molar-refractivity contribution in [1.82, 2.24) is 4.98 Å². The lowest BCUT2D eigenvalue weighted by atomic mass is 10.2. The lowest BCUT2D eigenvalue weighted by molar-refractivity contribution is 0.866. The van der Waals surface area contributed by atoms with E-state index in [1.54, 1.807) is 6.20 Å². The molecule has 1 aliphatic carbocycles. The zero-order valence-electron chi connectivity index (χ0n) is 7.35. The molecule has 0 aromatic carbocycles. The van der Waals surface area contributed by atoms with E-state index in [1.807, 2.05) is 18.2 Å². The Morgan fingerprint density at radius 3 is 2.77 bits per heavy atom. The predicted octanol–water partition coefficient (Wildman–Crippen LogP) is 2.24. The minimum atomic E-state index is 0.516. The lowest BCUT2D eigenvalue weighted by Crippen LogP contribution is -2.09. The van der Waals surface area contributed by atoms with Gasteiger partial charge in [-0.1, -0.05) is 30.4 Å². The van der Waals surface area contributed by atoms with Crippen molar-refractivity contribution >= 4 is 5.82 Å². The molecule has 0 spiro atoms. The lowest BCUT2D eigenvalue weighted by Gasteiger charge is -2.07. The molecule has 2 nitrogen and oxygen atoms in total. The number of hydrogen-bond donors (Lipinski definition) is 1. The minimum Gasteiger partial charge on any atom is -0.369 e. The summed E-state index contributed by atoms with van der Waals surface area (Å²) in [5.74, 6) is 1.46. The third kappa shape index (κ3) is 2.18. The third-order valence-electron chi connectivity index (χ3n) is 2.01. The zero-order chi connectivity index (χ0) is 8.93. The molecule has 0 amide bonds. The molecule has 0 radical (unpaired) electrons. The van der Waals surface area contributed by atoms with Gasteiger partial charge in [0.25, 0.3) is 0 Å². The first kappa shape index (κ1) is 8.05. The number of rotatable bonds is 3. The van der Waals surface area contributed by atoms with Gasteiger partial charge >= 0.3 is 0 Å². The number of nitrogens with one attached hydrogen (secondary N) is 1. The maximum absolute atomic E-state index is 4.18. The molecule has 0 aliphatic heterocycles. The highest BCUT2D eigenvalue weighted by Gasteiger charge is 2.02. The summed E-state index contributed by atoms with van der Waals surface area (Å²) >= 11 is 0. The summed E-state index contributed by atoms with van der Waals surface area (Å²) in [6, 6.07) is 5.87. The Morgan fingerprint density at radius 1 is 1.23 bits per heavy atom. The van der Waals surface area contributed by atoms with E-state index in [-0.39, 0.29) is 0 Å². The van der Waals surface area contributed by atoms with Crippen LogP contribution in [0.5, 0.6) is 0 Å². The first-order valence-corrected chi connectivity index (χ1v) is 4.45. The molecular weight excluding hydrogens is 160 g/mol. The summed E-state index contributed by atoms with van der Waals surface area (Å²) < 4.78 is 0. The van der Waals surface area contributed by atoms with Gasteiger partial charge in [0, 0.05) is 18.7 Å². The average Bonchev–Trinajstić information content (AvgIpc) is 2.69. The molecule has 0 saturated heterocycles. The van der Waals surface area contributed by atoms with Crippen molar-refractivity contribution in [2.24, 2.45) is 5.92 Å². The molecular formula is C11H12N2. The summed E-state index contributed by atoms with van der Waals surface area (Å²) in [6.07, 6.45) is 10.3. The zero-order valence-corrected chi connectivity index (χ0v) is 7.35. The molecule has 13 heavy (non-hydrogen) atoms. The van der Waals surface area contributed by atoms with Gasteiger partial charge in [0.05, 0.1) is 0 Å². The molecule has 1 N–H and O–H groups in total. The van der Waals surface area contributed by atoms with E-state index >= 15 is 0 Å². The van der Waals surface area contributed by atoms with E-state index in [0.717, 1.165) is 12.4 Å². The van der Waals surface area contributed by atoms with E-state index in [2.05, 4.69) is 34.6 Å². The molecule has 0 fully saturated rings. The molecule has 1 aromatic heterocycles. The van der Waals surface area contributed by atoms with Crippen molar-refractivity contribution in [1.29, 1.82) is 0 Å². The Balaban J connectivity index is 1.86. The van der Waals surface area contributed by atoms with E-state index in [4.69, 9.17) is 0 Å². The van der Waals surface area contributed by atoms with Crippen LogP contribution in [0.4, 0.5) is 5.82 Å². The van der Waals surface area contributed by atoms with Gasteiger partial charge in [0.1, 0.15) is 5.82 Å². The molecule has 1 aromatic rings. The molecule has 0 unspecified atom stereocenters. The predicted molar refractivity (Wildman–Crippen MR) is 54.5 cm³/mol. The Bertz CT molecular complexity index is 302. The number of allylic oxidation sites excluding steroid dienone is 2. The minimum absolute atomic E-state index is 0.516. The molecule has 2 rings (SSSR count). The van der Waals surface area contributed by atoms with Crippen molar-refractivity contribution in [3.63, 3.8) is 0 Å². The van der Waals surface area contributed by atoms with Crippen LogP contribution in [0.3, 0.4) is 0 Å². The van der Waals surface area contributed by atoms with Gasteiger partial charge in [0.2, 0.25) is 0 Å². The van der Waals surface area contributed by atoms with Crippen LogP contribution >= 0.6 is 0 Å². The van der Waals surface area contributed by atoms with Crippen molar-refractivity contribution < 1.29 is 0 Å². The van der Waals surface area contributed by atoms with E-state index in [1.165, 1.54) is 0 Å². The highest BCUT2D eigenvalue weighted by atomic mass is 15.0. The van der Waals surface area contributed by atoms with Crippen LogP contribution in [0.1, 0.15) is 0 Å². The summed E-state index contributed by atoms with van der Waals surface area (Å²) in [6.45, 7) is 0.921. The van der Waals surface area contributed by atoms with Crippen LogP contribution in [-0.2, 0) is 0 Å². The maximum Gasteiger partial charge on any atom is 0.125 e. The number of hydrogen-bond acceptors (Lipinski definition) is 2. The van der Waals surface area contributed by atoms with Gasteiger partial charge in [-0.25, -0.2) is 4.98 Å². The van der Waals surface area contributed by atoms with Crippen LogP contribution in [-0.4, -0.2) is 11.5 Å². The first-order valence-electron chi connectivity index (χ1n) is 4.45. The molecule has 66 valence electrons. The Hall–Kier alpha value is -1.57. The standard InChI is InChI=1S/C11H12N2/c1-2-6-10(5-1)9-13-11-7-3-4-8-12-11/h1-8,10H,9H2,(H,12,13). The third-order valence-corrected chi connectivity index (χ3v) is 2.01. The van der Waals surface area contributed by atoms with Crippen molar-refractivity contribution in [3.05, 3.63) is 48.7 Å². The smallest absolute Gasteiger partial charge is 0.125 e. The highest BCUT2D eigenvalue weighted by molar-refractivity contribution is 5.34. The quantitative estimate of drug-likeness (QED) is 0.756. The van der Waals surface area contributed by atoms with E-state index in [0.29, 0.717) is 5.92 Å². The normalized spacial score (nSPS) is 15.1. The van der Waals surface area contributed by atoms with Crippen LogP contribution in [0.25, 0.3) is 0 Å². The Morgan fingerprint density at radius 2 is 2.08 bits per heavy atom. The highest BCUT2D eigenvalue weighted by Crippen LogP contribution is 2.09. The molecule has 1 heterocycles. The van der Waals surface area contributed by atoms with Gasteiger partial charge in [0.15, 0.2) is 0 Å². The van der Waals surface area contributed by atoms with Gasteiger partial charge < -0.3 is 5.32 Å². The molecule has 0 bridgehead atoms. The van der Waals surface area contributed by atoms with Gasteiger partial charge in [-0.3, -0.25) is 0 Å². The second-order valence-electron chi connectivity index (χ2n) is 3.03. The topological polar surface area (TPSA) is 24.9 Å². The monoisotopic (exact) mass is 172 g/mol. The number of anilines is 1. The second kappa shape index (κ2) is 3.90. The van der Waals surface area contributed by atoms with Crippen LogP contribution < -0.4 is 5.32 Å². The van der Waals surface area contributed by atoms with Crippen LogP contribution in [0.15, 0.2) is 48.7 Å². The van der Waals surface area contributed by atoms with Crippen molar-refractivity contribution in [2.45, 2.75) is 0 Å². The fourth-order valence-electron chi connectivity index (χ4n) is 1.30. The average molecular weight is 172 g/mol. The fraction of sp³-hybridized carbons (Fsp3) is 0.182. The van der Waals surface area contributed by atoms with E-state index in [9.17, 15) is 0 Å². The summed E-state index contributed by atoms with van der Waals surface area (Å²) in [7, 11) is 0. The van der Waals surface area contributed by atoms with Crippen molar-refractivity contribution in [2.75, 3.05) is 11.9 Å². The van der Waals surface area contributed by atoms with Crippen molar-refractivity contribution in [3.8, 4) is 0 Å². The fourth-order valence-corrected chi connectivity index (χ4v) is 1.30. The Labute approximate surface area is 78.0 Å². The summed E-state index contributed by atoms with van der Waals surface area (Å²) in [5, 5.41) is 3.27. The van der Waals surface area contributed by atoms with Crippen LogP contribution in [0.2, 0.25) is 0 Å². The molecule has 0 atom stereocenters. The van der Waals surface area contributed by atoms with Crippen LogP contribution in [0, 0.1) is 5.92 Å². The van der Waals surface area contributed by atoms with Gasteiger partial charge in [-0.05, 0) is 12.1 Å². The first-order chi connectivity index (χ1) is 6.45.